The Morgan fingerprint density at radius 3 is 2.58 bits per heavy atom. The van der Waals surface area contributed by atoms with Crippen molar-refractivity contribution < 1.29 is 9.32 Å². The Balaban J connectivity index is 1.52. The molecule has 1 amide bonds. The number of carbonyl (C=O) groups is 1. The second-order valence-corrected chi connectivity index (χ2v) is 8.89. The highest BCUT2D eigenvalue weighted by Crippen LogP contribution is 2.35. The van der Waals surface area contributed by atoms with Gasteiger partial charge in [0.2, 0.25) is 11.6 Å². The fourth-order valence-electron chi connectivity index (χ4n) is 4.26. The standard InChI is InChI=1S/C24H28N6O2S/c1-5-28(6-2)24(31)22(21-8-7-15-33-21)30-13-11-29(12-14-30)20-10-9-18(16-19(20)25-4)23-26-17(3)27-32-23/h7-10,15-16,22H,5-6,11-14H2,1-3H3. The lowest BCUT2D eigenvalue weighted by molar-refractivity contribution is -0.137. The third-order valence-corrected chi connectivity index (χ3v) is 6.94. The molecule has 0 aliphatic carbocycles. The molecule has 3 aromatic rings. The van der Waals surface area contributed by atoms with E-state index in [9.17, 15) is 4.79 Å². The van der Waals surface area contributed by atoms with Crippen LogP contribution in [0, 0.1) is 13.5 Å². The summed E-state index contributed by atoms with van der Waals surface area (Å²) in [6.45, 7) is 17.9. The zero-order chi connectivity index (χ0) is 23.4. The number of rotatable bonds is 7. The lowest BCUT2D eigenvalue weighted by Crippen LogP contribution is -2.51. The molecule has 1 aliphatic heterocycles. The summed E-state index contributed by atoms with van der Waals surface area (Å²) < 4.78 is 5.25. The molecule has 1 unspecified atom stereocenters. The number of likely N-dealkylation sites (N-methyl/N-ethyl adjacent to an activating group) is 1. The fourth-order valence-corrected chi connectivity index (χ4v) is 5.11. The summed E-state index contributed by atoms with van der Waals surface area (Å²) in [6.07, 6.45) is 0. The Morgan fingerprint density at radius 1 is 1.24 bits per heavy atom. The van der Waals surface area contributed by atoms with E-state index in [1.165, 1.54) is 0 Å². The highest BCUT2D eigenvalue weighted by Gasteiger charge is 2.33. The van der Waals surface area contributed by atoms with Gasteiger partial charge in [-0.2, -0.15) is 4.98 Å². The van der Waals surface area contributed by atoms with Crippen molar-refractivity contribution in [2.24, 2.45) is 0 Å². The zero-order valence-electron chi connectivity index (χ0n) is 19.2. The molecule has 0 saturated carbocycles. The fraction of sp³-hybridized carbons (Fsp3) is 0.417. The molecule has 1 atom stereocenters. The number of hydrogen-bond acceptors (Lipinski definition) is 7. The van der Waals surface area contributed by atoms with Crippen molar-refractivity contribution in [2.75, 3.05) is 44.2 Å². The number of aryl methyl sites for hydroxylation is 1. The Labute approximate surface area is 198 Å². The third kappa shape index (κ3) is 4.77. The molecule has 0 radical (unpaired) electrons. The molecule has 0 bridgehead atoms. The molecule has 1 aliphatic rings. The summed E-state index contributed by atoms with van der Waals surface area (Å²) in [5.41, 5.74) is 2.20. The van der Waals surface area contributed by atoms with E-state index in [4.69, 9.17) is 11.1 Å². The largest absolute Gasteiger partial charge is 0.378 e. The summed E-state index contributed by atoms with van der Waals surface area (Å²) in [4.78, 5) is 28.8. The highest BCUT2D eigenvalue weighted by atomic mass is 32.1. The summed E-state index contributed by atoms with van der Waals surface area (Å²) in [5.74, 6) is 1.15. The molecule has 1 aromatic carbocycles. The summed E-state index contributed by atoms with van der Waals surface area (Å²) in [5, 5.41) is 5.87. The van der Waals surface area contributed by atoms with Crippen LogP contribution in [0.15, 0.2) is 40.2 Å². The van der Waals surface area contributed by atoms with Crippen LogP contribution in [0.5, 0.6) is 0 Å². The van der Waals surface area contributed by atoms with Gasteiger partial charge in [0.25, 0.3) is 5.89 Å². The van der Waals surface area contributed by atoms with Crippen LogP contribution in [0.1, 0.15) is 30.6 Å². The molecular formula is C24H28N6O2S. The molecule has 3 heterocycles. The van der Waals surface area contributed by atoms with Gasteiger partial charge >= 0.3 is 0 Å². The molecule has 1 saturated heterocycles. The number of amides is 1. The van der Waals surface area contributed by atoms with Crippen LogP contribution >= 0.6 is 11.3 Å². The molecule has 4 rings (SSSR count). The van der Waals surface area contributed by atoms with Gasteiger partial charge in [-0.15, -0.1) is 11.3 Å². The van der Waals surface area contributed by atoms with Gasteiger partial charge < -0.3 is 14.3 Å². The van der Waals surface area contributed by atoms with E-state index < -0.39 is 0 Å². The van der Waals surface area contributed by atoms with E-state index >= 15 is 0 Å². The number of thiophene rings is 1. The molecule has 8 nitrogen and oxygen atoms in total. The Kier molecular flexibility index (Phi) is 7.06. The Bertz CT molecular complexity index is 1120. The first-order valence-electron chi connectivity index (χ1n) is 11.2. The Hall–Kier alpha value is -3.22. The highest BCUT2D eigenvalue weighted by molar-refractivity contribution is 7.10. The average molecular weight is 465 g/mol. The molecule has 0 N–H and O–H groups in total. The summed E-state index contributed by atoms with van der Waals surface area (Å²) in [6, 6.07) is 9.48. The minimum Gasteiger partial charge on any atom is -0.378 e. The van der Waals surface area contributed by atoms with Crippen molar-refractivity contribution in [1.29, 1.82) is 0 Å². The first-order valence-corrected chi connectivity index (χ1v) is 12.1. The SMILES string of the molecule is [C-]#[N+]c1cc(-c2nc(C)no2)ccc1N1CCN(C(C(=O)N(CC)CC)c2cccs2)CC1. The van der Waals surface area contributed by atoms with Gasteiger partial charge in [0.1, 0.15) is 6.04 Å². The quantitative estimate of drug-likeness (QED) is 0.483. The van der Waals surface area contributed by atoms with Crippen LogP contribution in [-0.2, 0) is 4.79 Å². The molecule has 172 valence electrons. The number of carbonyl (C=O) groups excluding carboxylic acids is 1. The molecule has 33 heavy (non-hydrogen) atoms. The topological polar surface area (TPSA) is 70.1 Å². The van der Waals surface area contributed by atoms with Crippen molar-refractivity contribution in [3.63, 3.8) is 0 Å². The van der Waals surface area contributed by atoms with Gasteiger partial charge in [0.05, 0.1) is 6.57 Å². The van der Waals surface area contributed by atoms with E-state index in [1.807, 2.05) is 42.3 Å². The summed E-state index contributed by atoms with van der Waals surface area (Å²) >= 11 is 1.63. The minimum absolute atomic E-state index is 0.164. The van der Waals surface area contributed by atoms with Crippen molar-refractivity contribution in [2.45, 2.75) is 26.8 Å². The summed E-state index contributed by atoms with van der Waals surface area (Å²) in [7, 11) is 0. The monoisotopic (exact) mass is 464 g/mol. The van der Waals surface area contributed by atoms with Crippen LogP contribution in [0.2, 0.25) is 0 Å². The maximum atomic E-state index is 13.3. The van der Waals surface area contributed by atoms with Crippen molar-refractivity contribution in [1.82, 2.24) is 19.9 Å². The second-order valence-electron chi connectivity index (χ2n) is 7.91. The van der Waals surface area contributed by atoms with Gasteiger partial charge in [-0.25, -0.2) is 4.85 Å². The van der Waals surface area contributed by atoms with Crippen molar-refractivity contribution >= 4 is 28.6 Å². The van der Waals surface area contributed by atoms with Crippen LogP contribution in [0.4, 0.5) is 11.4 Å². The zero-order valence-corrected chi connectivity index (χ0v) is 20.0. The average Bonchev–Trinajstić information content (AvgIpc) is 3.52. The van der Waals surface area contributed by atoms with Crippen LogP contribution < -0.4 is 4.90 Å². The predicted molar refractivity (Wildman–Crippen MR) is 130 cm³/mol. The van der Waals surface area contributed by atoms with Gasteiger partial charge in [-0.05, 0) is 50.4 Å². The maximum Gasteiger partial charge on any atom is 0.256 e. The van der Waals surface area contributed by atoms with Gasteiger partial charge in [-0.3, -0.25) is 9.69 Å². The lowest BCUT2D eigenvalue weighted by Gasteiger charge is -2.41. The van der Waals surface area contributed by atoms with Crippen LogP contribution in [0.25, 0.3) is 16.3 Å². The number of benzene rings is 1. The number of aromatic nitrogens is 2. The minimum atomic E-state index is -0.254. The Morgan fingerprint density at radius 2 is 2.00 bits per heavy atom. The van der Waals surface area contributed by atoms with E-state index in [2.05, 4.69) is 30.9 Å². The van der Waals surface area contributed by atoms with Crippen LogP contribution in [0.3, 0.4) is 0 Å². The number of piperazine rings is 1. The molecule has 1 fully saturated rings. The number of nitrogens with zero attached hydrogens (tertiary/aromatic N) is 6. The van der Waals surface area contributed by atoms with E-state index in [-0.39, 0.29) is 11.9 Å². The van der Waals surface area contributed by atoms with Crippen LogP contribution in [-0.4, -0.2) is 65.1 Å². The van der Waals surface area contributed by atoms with Crippen molar-refractivity contribution in [3.05, 3.63) is 57.8 Å². The first kappa shape index (κ1) is 23.0. The maximum absolute atomic E-state index is 13.3. The molecule has 0 spiro atoms. The second kappa shape index (κ2) is 10.1. The van der Waals surface area contributed by atoms with E-state index in [0.29, 0.717) is 30.5 Å². The van der Waals surface area contributed by atoms with Gasteiger partial charge in [0.15, 0.2) is 5.82 Å². The normalized spacial score (nSPS) is 15.3. The molecular weight excluding hydrogens is 436 g/mol. The molecule has 2 aromatic heterocycles. The van der Waals surface area contributed by atoms with Crippen molar-refractivity contribution in [3.8, 4) is 11.5 Å². The first-order chi connectivity index (χ1) is 16.0. The van der Waals surface area contributed by atoms with Gasteiger partial charge in [0, 0.05) is 55.4 Å². The lowest BCUT2D eigenvalue weighted by atomic mass is 10.1. The molecule has 9 heteroatoms. The number of anilines is 1. The number of hydrogen-bond donors (Lipinski definition) is 0. The van der Waals surface area contributed by atoms with E-state index in [0.717, 1.165) is 42.3 Å². The smallest absolute Gasteiger partial charge is 0.256 e. The van der Waals surface area contributed by atoms with Gasteiger partial charge in [-0.1, -0.05) is 11.2 Å². The van der Waals surface area contributed by atoms with E-state index in [1.54, 1.807) is 24.3 Å². The third-order valence-electron chi connectivity index (χ3n) is 6.01. The predicted octanol–water partition coefficient (Wildman–Crippen LogP) is 4.39.